The predicted octanol–water partition coefficient (Wildman–Crippen LogP) is 0.0781. The number of urea groups is 1. The molecule has 0 aromatic heterocycles. The Morgan fingerprint density at radius 3 is 2.41 bits per heavy atom. The lowest BCUT2D eigenvalue weighted by atomic mass is 10.0. The molecule has 0 radical (unpaired) electrons. The zero-order valence-electron chi connectivity index (χ0n) is 14.7. The van der Waals surface area contributed by atoms with Gasteiger partial charge in [-0.3, -0.25) is 25.1 Å². The molecule has 27 heavy (non-hydrogen) atoms. The molecule has 0 aliphatic heterocycles. The molecule has 0 aliphatic rings. The number of hydrazine groups is 1. The molecule has 148 valence electrons. The molecule has 11 heteroatoms. The Labute approximate surface area is 156 Å². The highest BCUT2D eigenvalue weighted by Crippen LogP contribution is 2.21. The smallest absolute Gasteiger partial charge is 0.337 e. The predicted molar refractivity (Wildman–Crippen MR) is 96.3 cm³/mol. The Kier molecular flexibility index (Phi) is 9.26. The fourth-order valence-electron chi connectivity index (χ4n) is 2.19. The highest BCUT2D eigenvalue weighted by molar-refractivity contribution is 5.94. The van der Waals surface area contributed by atoms with Gasteiger partial charge in [-0.25, -0.2) is 10.2 Å². The third-order valence-electron chi connectivity index (χ3n) is 3.42. The number of nitrogens with two attached hydrogens (primary N) is 2. The maximum Gasteiger partial charge on any atom is 0.337 e. The van der Waals surface area contributed by atoms with E-state index in [1.807, 2.05) is 10.7 Å². The van der Waals surface area contributed by atoms with Crippen LogP contribution in [0.25, 0.3) is 0 Å². The average molecular weight is 380 g/mol. The van der Waals surface area contributed by atoms with E-state index in [0.717, 1.165) is 0 Å². The number of hydrogen-bond acceptors (Lipinski definition) is 6. The van der Waals surface area contributed by atoms with Crippen LogP contribution in [0.5, 0.6) is 0 Å². The van der Waals surface area contributed by atoms with Crippen molar-refractivity contribution in [3.05, 3.63) is 35.9 Å². The van der Waals surface area contributed by atoms with E-state index in [0.29, 0.717) is 30.1 Å². The zero-order valence-corrected chi connectivity index (χ0v) is 14.7. The number of hydroxylamine groups is 1. The highest BCUT2D eigenvalue weighted by atomic mass is 16.5. The number of amides is 3. The number of nitrogens with one attached hydrogen (secondary N) is 2. The number of aliphatic imine (C=N–C) groups is 1. The fraction of sp³-hybridized carbons (Fsp3) is 0.375. The molecule has 8 N–H and O–H groups in total. The van der Waals surface area contributed by atoms with Crippen molar-refractivity contribution in [1.29, 1.82) is 0 Å². The Hall–Kier alpha value is -3.18. The summed E-state index contributed by atoms with van der Waals surface area (Å²) in [6, 6.07) is 6.29. The first-order chi connectivity index (χ1) is 12.8. The summed E-state index contributed by atoms with van der Waals surface area (Å²) in [6.45, 7) is 0.375. The summed E-state index contributed by atoms with van der Waals surface area (Å²) in [4.78, 5) is 38.3. The number of hydrogen-bond donors (Lipinski definition) is 6. The molecule has 0 saturated heterocycles. The lowest BCUT2D eigenvalue weighted by molar-refractivity contribution is -0.170. The number of carbonyl (C=O) groups excluding carboxylic acids is 2. The van der Waals surface area contributed by atoms with Gasteiger partial charge in [-0.1, -0.05) is 35.5 Å². The number of carbonyl (C=O) groups is 3. The summed E-state index contributed by atoms with van der Waals surface area (Å²) < 4.78 is 0. The van der Waals surface area contributed by atoms with E-state index in [4.69, 9.17) is 16.6 Å². The van der Waals surface area contributed by atoms with Crippen molar-refractivity contribution in [3.8, 4) is 0 Å². The van der Waals surface area contributed by atoms with Gasteiger partial charge in [0.15, 0.2) is 5.96 Å². The molecule has 1 atom stereocenters. The maximum absolute atomic E-state index is 11.8. The van der Waals surface area contributed by atoms with Crippen molar-refractivity contribution < 1.29 is 24.7 Å². The summed E-state index contributed by atoms with van der Waals surface area (Å²) in [5.74, 6) is -1.75. The average Bonchev–Trinajstić information content (AvgIpc) is 2.59. The third-order valence-corrected chi connectivity index (χ3v) is 3.42. The number of benzene rings is 1. The first-order valence-electron chi connectivity index (χ1n) is 8.20. The summed E-state index contributed by atoms with van der Waals surface area (Å²) in [5.41, 5.74) is 12.9. The van der Waals surface area contributed by atoms with Crippen molar-refractivity contribution >= 4 is 23.9 Å². The number of guanidine groups is 1. The van der Waals surface area contributed by atoms with Gasteiger partial charge in [-0.2, -0.15) is 0 Å². The van der Waals surface area contributed by atoms with E-state index in [-0.39, 0.29) is 12.4 Å². The second kappa shape index (κ2) is 11.4. The molecular weight excluding hydrogens is 356 g/mol. The van der Waals surface area contributed by atoms with Gasteiger partial charge in [0, 0.05) is 13.0 Å². The van der Waals surface area contributed by atoms with Crippen LogP contribution < -0.4 is 22.2 Å². The normalized spacial score (nSPS) is 11.5. The Morgan fingerprint density at radius 1 is 1.15 bits per heavy atom. The molecule has 0 bridgehead atoms. The first-order valence-corrected chi connectivity index (χ1v) is 8.20. The Balaban J connectivity index is 2.49. The van der Waals surface area contributed by atoms with Gasteiger partial charge >= 0.3 is 12.0 Å². The van der Waals surface area contributed by atoms with Crippen molar-refractivity contribution in [2.45, 2.75) is 31.7 Å². The monoisotopic (exact) mass is 380 g/mol. The van der Waals surface area contributed by atoms with Crippen LogP contribution in [-0.4, -0.2) is 45.9 Å². The van der Waals surface area contributed by atoms with Gasteiger partial charge in [-0.15, -0.1) is 0 Å². The Morgan fingerprint density at radius 2 is 1.81 bits per heavy atom. The molecule has 3 amide bonds. The molecule has 11 nitrogen and oxygen atoms in total. The SMILES string of the molecule is NC(N)=NCCCCC(=O)NC(=O)NN(O)C(CC(=O)O)c1ccccc1. The summed E-state index contributed by atoms with van der Waals surface area (Å²) >= 11 is 0. The van der Waals surface area contributed by atoms with Gasteiger partial charge < -0.3 is 16.6 Å². The lowest BCUT2D eigenvalue weighted by Gasteiger charge is -2.25. The molecule has 1 aromatic carbocycles. The number of unbranched alkanes of at least 4 members (excludes halogenated alkanes) is 1. The van der Waals surface area contributed by atoms with Crippen LogP contribution in [-0.2, 0) is 9.59 Å². The summed E-state index contributed by atoms with van der Waals surface area (Å²) in [6.07, 6.45) is 0.633. The molecule has 1 rings (SSSR count). The van der Waals surface area contributed by atoms with E-state index < -0.39 is 30.4 Å². The second-order valence-corrected chi connectivity index (χ2v) is 5.62. The molecule has 0 saturated carbocycles. The van der Waals surface area contributed by atoms with E-state index in [9.17, 15) is 19.6 Å². The molecule has 0 fully saturated rings. The zero-order chi connectivity index (χ0) is 20.2. The molecule has 0 spiro atoms. The quantitative estimate of drug-likeness (QED) is 0.143. The van der Waals surface area contributed by atoms with Crippen molar-refractivity contribution in [2.24, 2.45) is 16.5 Å². The minimum Gasteiger partial charge on any atom is -0.481 e. The third kappa shape index (κ3) is 9.18. The summed E-state index contributed by atoms with van der Waals surface area (Å²) in [5, 5.41) is 21.5. The minimum atomic E-state index is -1.16. The number of carboxylic acids is 1. The highest BCUT2D eigenvalue weighted by Gasteiger charge is 2.24. The number of imide groups is 1. The van der Waals surface area contributed by atoms with Crippen molar-refractivity contribution in [2.75, 3.05) is 6.54 Å². The second-order valence-electron chi connectivity index (χ2n) is 5.62. The largest absolute Gasteiger partial charge is 0.481 e. The van der Waals surface area contributed by atoms with Crippen LogP contribution in [0.3, 0.4) is 0 Å². The van der Waals surface area contributed by atoms with E-state index in [1.165, 1.54) is 0 Å². The number of rotatable bonds is 10. The number of aliphatic carboxylic acids is 1. The van der Waals surface area contributed by atoms with Gasteiger partial charge in [-0.05, 0) is 18.4 Å². The Bertz CT molecular complexity index is 663. The molecule has 1 unspecified atom stereocenters. The van der Waals surface area contributed by atoms with Crippen LogP contribution in [0.15, 0.2) is 35.3 Å². The van der Waals surface area contributed by atoms with E-state index in [1.54, 1.807) is 30.3 Å². The van der Waals surface area contributed by atoms with Gasteiger partial charge in [0.1, 0.15) is 0 Å². The van der Waals surface area contributed by atoms with Crippen molar-refractivity contribution in [3.63, 3.8) is 0 Å². The first kappa shape index (κ1) is 21.9. The van der Waals surface area contributed by atoms with Crippen LogP contribution in [0.2, 0.25) is 0 Å². The summed E-state index contributed by atoms with van der Waals surface area (Å²) in [7, 11) is 0. The van der Waals surface area contributed by atoms with Crippen LogP contribution in [0.4, 0.5) is 4.79 Å². The fourth-order valence-corrected chi connectivity index (χ4v) is 2.19. The molecule has 1 aromatic rings. The van der Waals surface area contributed by atoms with Gasteiger partial charge in [0.05, 0.1) is 12.5 Å². The molecule has 0 heterocycles. The maximum atomic E-state index is 11.8. The lowest BCUT2D eigenvalue weighted by Crippen LogP contribution is -2.49. The van der Waals surface area contributed by atoms with E-state index in [2.05, 4.69) is 4.99 Å². The van der Waals surface area contributed by atoms with Crippen LogP contribution in [0.1, 0.15) is 37.3 Å². The number of carboxylic acid groups (broad SMARTS) is 1. The number of nitrogens with zero attached hydrogens (tertiary/aromatic N) is 2. The van der Waals surface area contributed by atoms with E-state index >= 15 is 0 Å². The van der Waals surface area contributed by atoms with Crippen LogP contribution in [0, 0.1) is 0 Å². The van der Waals surface area contributed by atoms with Gasteiger partial charge in [0.25, 0.3) is 0 Å². The molecular formula is C16H24N6O5. The minimum absolute atomic E-state index is 0.0313. The molecule has 0 aliphatic carbocycles. The van der Waals surface area contributed by atoms with Gasteiger partial charge in [0.2, 0.25) is 5.91 Å². The topological polar surface area (TPSA) is 183 Å². The van der Waals surface area contributed by atoms with Crippen LogP contribution >= 0.6 is 0 Å². The van der Waals surface area contributed by atoms with Crippen molar-refractivity contribution in [1.82, 2.24) is 15.9 Å². The standard InChI is InChI=1S/C16H24N6O5/c17-15(18)19-9-5-4-8-13(23)20-16(26)21-22(27)12(10-14(24)25)11-6-2-1-3-7-11/h1-3,6-7,12,27H,4-5,8-10H2,(H,24,25)(H4,17,18,19)(H2,20,21,23,26).